The van der Waals surface area contributed by atoms with E-state index < -0.39 is 33.9 Å². The van der Waals surface area contributed by atoms with E-state index in [9.17, 15) is 9.59 Å². The molecule has 39 heavy (non-hydrogen) atoms. The minimum atomic E-state index is -2.04. The van der Waals surface area contributed by atoms with Gasteiger partial charge in [0.1, 0.15) is 17.0 Å². The molecule has 2 amide bonds. The van der Waals surface area contributed by atoms with Crippen molar-refractivity contribution >= 4 is 35.1 Å². The largest absolute Gasteiger partial charge is 0.378 e. The minimum Gasteiger partial charge on any atom is -0.378 e. The molecule has 11 heteroatoms. The molecule has 2 heterocycles. The molecule has 1 saturated heterocycles. The van der Waals surface area contributed by atoms with Crippen LogP contribution in [0.15, 0.2) is 23.2 Å². The summed E-state index contributed by atoms with van der Waals surface area (Å²) in [6.07, 6.45) is -0.410. The normalized spacial score (nSPS) is 43.4. The molecule has 0 spiro atoms. The Labute approximate surface area is 230 Å². The van der Waals surface area contributed by atoms with Crippen LogP contribution in [-0.2, 0) is 19.9 Å². The summed E-state index contributed by atoms with van der Waals surface area (Å²) >= 11 is 6.78. The lowest BCUT2D eigenvalue weighted by atomic mass is 9.46. The summed E-state index contributed by atoms with van der Waals surface area (Å²) in [4.78, 5) is 33.1. The quantitative estimate of drug-likeness (QED) is 0.530. The van der Waals surface area contributed by atoms with Gasteiger partial charge in [0, 0.05) is 37.5 Å². The number of nitrogens with one attached hydrogen (secondary N) is 1. The number of guanidine groups is 1. The van der Waals surface area contributed by atoms with Crippen molar-refractivity contribution in [1.29, 1.82) is 0 Å². The van der Waals surface area contributed by atoms with E-state index in [-0.39, 0.29) is 79.7 Å². The van der Waals surface area contributed by atoms with Gasteiger partial charge in [0.25, 0.3) is 0 Å². The fourth-order valence-corrected chi connectivity index (χ4v) is 8.80. The number of hydrogen-bond donors (Lipinski definition) is 2. The molecule has 0 aromatic heterocycles. The Morgan fingerprint density at radius 1 is 1.13 bits per heavy atom. The summed E-state index contributed by atoms with van der Waals surface area (Å²) < 4.78 is 52.0. The van der Waals surface area contributed by atoms with E-state index in [1.807, 2.05) is 6.92 Å². The first-order valence-corrected chi connectivity index (χ1v) is 14.0. The van der Waals surface area contributed by atoms with Crippen molar-refractivity contribution in [2.45, 2.75) is 106 Å². The van der Waals surface area contributed by atoms with Crippen molar-refractivity contribution in [3.8, 4) is 0 Å². The van der Waals surface area contributed by atoms with Crippen LogP contribution in [-0.4, -0.2) is 58.4 Å². The maximum Gasteiger partial charge on any atom is 0.232 e. The standard InChI is InChI=1S/C28H34ClF3N4O3/c1-16-8-17(6-7-39-16)36-20(37)9-24(2,35-23(36)33)18-4-3-5-19(21(18)29)34-22(38)25-10-26(30)13-27(31,11-25)15-28(32,12-25)14-26/h3-5,16-17H,6-15H2,1-2H3,(H2,33,35)(H,34,38)/t16-,17-,24-,25?,26?,27?,28?/m0/s1. The van der Waals surface area contributed by atoms with Gasteiger partial charge in [0.15, 0.2) is 5.96 Å². The Morgan fingerprint density at radius 3 is 2.31 bits per heavy atom. The van der Waals surface area contributed by atoms with Crippen molar-refractivity contribution in [3.05, 3.63) is 28.8 Å². The van der Waals surface area contributed by atoms with Crippen LogP contribution in [0.3, 0.4) is 0 Å². The number of halogens is 4. The highest BCUT2D eigenvalue weighted by molar-refractivity contribution is 6.34. The molecule has 6 aliphatic rings. The molecule has 0 radical (unpaired) electrons. The zero-order chi connectivity index (χ0) is 28.0. The fourth-order valence-electron chi connectivity index (χ4n) is 8.42. The van der Waals surface area contributed by atoms with Crippen molar-refractivity contribution in [2.75, 3.05) is 11.9 Å². The number of hydrogen-bond acceptors (Lipinski definition) is 5. The minimum absolute atomic E-state index is 0.00759. The summed E-state index contributed by atoms with van der Waals surface area (Å²) in [7, 11) is 0. The van der Waals surface area contributed by atoms with Crippen LogP contribution in [0.4, 0.5) is 18.9 Å². The summed E-state index contributed by atoms with van der Waals surface area (Å²) in [5.41, 5.74) is -1.70. The summed E-state index contributed by atoms with van der Waals surface area (Å²) in [6, 6.07) is 4.84. The first-order chi connectivity index (χ1) is 18.2. The molecule has 0 unspecified atom stereocenters. The smallest absolute Gasteiger partial charge is 0.232 e. The highest BCUT2D eigenvalue weighted by Gasteiger charge is 2.72. The third-order valence-electron chi connectivity index (χ3n) is 9.37. The van der Waals surface area contributed by atoms with Gasteiger partial charge in [-0.2, -0.15) is 0 Å². The van der Waals surface area contributed by atoms with Gasteiger partial charge in [-0.3, -0.25) is 14.5 Å². The van der Waals surface area contributed by atoms with Crippen molar-refractivity contribution in [3.63, 3.8) is 0 Å². The molecular weight excluding hydrogens is 533 g/mol. The number of nitrogens with two attached hydrogens (primary N) is 1. The van der Waals surface area contributed by atoms with E-state index >= 15 is 13.2 Å². The summed E-state index contributed by atoms with van der Waals surface area (Å²) in [6.45, 7) is 4.24. The summed E-state index contributed by atoms with van der Waals surface area (Å²) in [5.74, 6) is -0.723. The van der Waals surface area contributed by atoms with Crippen molar-refractivity contribution < 1.29 is 27.5 Å². The first-order valence-electron chi connectivity index (χ1n) is 13.6. The highest BCUT2D eigenvalue weighted by atomic mass is 35.5. The van der Waals surface area contributed by atoms with Crippen molar-refractivity contribution in [1.82, 2.24) is 4.90 Å². The second kappa shape index (κ2) is 8.59. The third-order valence-corrected chi connectivity index (χ3v) is 9.78. The van der Waals surface area contributed by atoms with Crippen molar-refractivity contribution in [2.24, 2.45) is 16.1 Å². The molecular formula is C28H34ClF3N4O3. The van der Waals surface area contributed by atoms with Gasteiger partial charge in [-0.25, -0.2) is 18.2 Å². The average molecular weight is 567 g/mol. The number of alkyl halides is 3. The maximum absolute atomic E-state index is 15.5. The van der Waals surface area contributed by atoms with Gasteiger partial charge in [-0.15, -0.1) is 0 Å². The van der Waals surface area contributed by atoms with E-state index in [1.165, 1.54) is 0 Å². The maximum atomic E-state index is 15.5. The Kier molecular flexibility index (Phi) is 5.91. The zero-order valence-electron chi connectivity index (χ0n) is 22.2. The second-order valence-corrected chi connectivity index (χ2v) is 13.3. The Balaban J connectivity index is 1.27. The lowest BCUT2D eigenvalue weighted by Crippen LogP contribution is -2.67. The summed E-state index contributed by atoms with van der Waals surface area (Å²) in [5, 5.41) is 2.89. The lowest BCUT2D eigenvalue weighted by molar-refractivity contribution is -0.214. The van der Waals surface area contributed by atoms with E-state index in [0.717, 1.165) is 0 Å². The van der Waals surface area contributed by atoms with Gasteiger partial charge in [-0.05, 0) is 52.0 Å². The molecule has 7 nitrogen and oxygen atoms in total. The molecule has 3 N–H and O–H groups in total. The molecule has 4 saturated carbocycles. The Hall–Kier alpha value is -2.33. The molecule has 3 atom stereocenters. The van der Waals surface area contributed by atoms with Gasteiger partial charge < -0.3 is 15.8 Å². The van der Waals surface area contributed by atoms with Crippen LogP contribution in [0.5, 0.6) is 0 Å². The SMILES string of the molecule is C[C@H]1C[C@@H](N2C(=O)C[C@@](C)(c3cccc(NC(=O)C45CC6(F)CC(F)(CC(F)(C6)C4)C5)c3Cl)N=C2N)CCO1. The Bertz CT molecular complexity index is 1220. The number of carbonyl (C=O) groups excluding carboxylic acids is 2. The van der Waals surface area contributed by atoms with Crippen LogP contribution >= 0.6 is 11.6 Å². The van der Waals surface area contributed by atoms with Crippen LogP contribution in [0.2, 0.25) is 5.02 Å². The van der Waals surface area contributed by atoms with E-state index in [1.54, 1.807) is 30.0 Å². The van der Waals surface area contributed by atoms with Crippen LogP contribution in [0, 0.1) is 5.41 Å². The van der Waals surface area contributed by atoms with Crippen LogP contribution in [0.1, 0.15) is 77.2 Å². The number of carbonyl (C=O) groups is 2. The molecule has 1 aromatic rings. The Morgan fingerprint density at radius 2 is 1.74 bits per heavy atom. The second-order valence-electron chi connectivity index (χ2n) is 13.0. The lowest BCUT2D eigenvalue weighted by Gasteiger charge is -2.62. The average Bonchev–Trinajstić information content (AvgIpc) is 2.76. The number of nitrogens with zero attached hydrogens (tertiary/aromatic N) is 2. The number of anilines is 1. The predicted octanol–water partition coefficient (Wildman–Crippen LogP) is 5.10. The molecule has 212 valence electrons. The zero-order valence-corrected chi connectivity index (χ0v) is 22.9. The molecule has 7 rings (SSSR count). The molecule has 5 fully saturated rings. The number of amides is 2. The highest BCUT2D eigenvalue weighted by Crippen LogP contribution is 2.68. The third kappa shape index (κ3) is 4.42. The molecule has 4 aliphatic carbocycles. The topological polar surface area (TPSA) is 97.0 Å². The molecule has 2 aliphatic heterocycles. The number of aliphatic imine (C=N–C) groups is 1. The van der Waals surface area contributed by atoms with Crippen LogP contribution < -0.4 is 11.1 Å². The van der Waals surface area contributed by atoms with Gasteiger partial charge in [0.2, 0.25) is 11.8 Å². The molecule has 1 aromatic carbocycles. The van der Waals surface area contributed by atoms with Crippen LogP contribution in [0.25, 0.3) is 0 Å². The van der Waals surface area contributed by atoms with E-state index in [0.29, 0.717) is 25.0 Å². The van der Waals surface area contributed by atoms with Gasteiger partial charge in [-0.1, -0.05) is 23.7 Å². The number of rotatable bonds is 4. The van der Waals surface area contributed by atoms with E-state index in [4.69, 9.17) is 27.1 Å². The predicted molar refractivity (Wildman–Crippen MR) is 141 cm³/mol. The molecule has 4 bridgehead atoms. The van der Waals surface area contributed by atoms with Gasteiger partial charge >= 0.3 is 0 Å². The van der Waals surface area contributed by atoms with Gasteiger partial charge in [0.05, 0.1) is 34.2 Å². The fraction of sp³-hybridized carbons (Fsp3) is 0.679. The first kappa shape index (κ1) is 26.9. The van der Waals surface area contributed by atoms with E-state index in [2.05, 4.69) is 5.32 Å². The number of ether oxygens (including phenoxy) is 1. The monoisotopic (exact) mass is 566 g/mol. The number of benzene rings is 1.